The molecule has 1 heterocycles. The number of halogens is 1. The molecule has 0 aliphatic carbocycles. The molecule has 0 spiro atoms. The summed E-state index contributed by atoms with van der Waals surface area (Å²) in [5, 5.41) is 2.84. The van der Waals surface area contributed by atoms with Crippen molar-refractivity contribution in [2.75, 3.05) is 19.4 Å². The Bertz CT molecular complexity index is 613. The zero-order valence-electron chi connectivity index (χ0n) is 11.0. The first-order valence-electron chi connectivity index (χ1n) is 6.06. The maximum absolute atomic E-state index is 12.1. The molecule has 20 heavy (non-hydrogen) atoms. The van der Waals surface area contributed by atoms with Crippen LogP contribution < -0.4 is 15.8 Å². The summed E-state index contributed by atoms with van der Waals surface area (Å²) in [6.45, 7) is 0.521. The summed E-state index contributed by atoms with van der Waals surface area (Å²) in [6.07, 6.45) is 0.734. The standard InChI is InChI=1S/C14H15ClN2O2S/c1-19-11-4-2-3-10(16)13(11)14(18)17-8-7-9-5-6-12(15)20-9/h2-6H,7-8,16H2,1H3,(H,17,18). The van der Waals surface area contributed by atoms with Gasteiger partial charge in [0.05, 0.1) is 11.4 Å². The molecule has 0 saturated carbocycles. The van der Waals surface area contributed by atoms with Gasteiger partial charge in [0.2, 0.25) is 0 Å². The van der Waals surface area contributed by atoms with Crippen LogP contribution in [-0.2, 0) is 6.42 Å². The summed E-state index contributed by atoms with van der Waals surface area (Å²) in [4.78, 5) is 13.3. The number of anilines is 1. The summed E-state index contributed by atoms with van der Waals surface area (Å²) in [7, 11) is 1.51. The minimum atomic E-state index is -0.234. The van der Waals surface area contributed by atoms with Gasteiger partial charge in [0, 0.05) is 17.1 Å². The Morgan fingerprint density at radius 3 is 2.85 bits per heavy atom. The van der Waals surface area contributed by atoms with Gasteiger partial charge >= 0.3 is 0 Å². The van der Waals surface area contributed by atoms with Gasteiger partial charge in [-0.15, -0.1) is 11.3 Å². The van der Waals surface area contributed by atoms with Gasteiger partial charge in [0.1, 0.15) is 11.3 Å². The van der Waals surface area contributed by atoms with Gasteiger partial charge < -0.3 is 15.8 Å². The number of amides is 1. The Morgan fingerprint density at radius 1 is 1.40 bits per heavy atom. The maximum Gasteiger partial charge on any atom is 0.257 e. The number of nitrogens with one attached hydrogen (secondary N) is 1. The smallest absolute Gasteiger partial charge is 0.257 e. The second-order valence-electron chi connectivity index (χ2n) is 4.14. The van der Waals surface area contributed by atoms with E-state index >= 15 is 0 Å². The van der Waals surface area contributed by atoms with Gasteiger partial charge in [-0.1, -0.05) is 17.7 Å². The maximum atomic E-state index is 12.1. The second-order valence-corrected chi connectivity index (χ2v) is 5.94. The van der Waals surface area contributed by atoms with Crippen LogP contribution in [0.3, 0.4) is 0 Å². The summed E-state index contributed by atoms with van der Waals surface area (Å²) in [5.41, 5.74) is 6.61. The van der Waals surface area contributed by atoms with Gasteiger partial charge in [0.25, 0.3) is 5.91 Å². The largest absolute Gasteiger partial charge is 0.496 e. The SMILES string of the molecule is COc1cccc(N)c1C(=O)NCCc1ccc(Cl)s1. The number of hydrogen-bond acceptors (Lipinski definition) is 4. The molecule has 0 bridgehead atoms. The fourth-order valence-corrected chi connectivity index (χ4v) is 2.92. The van der Waals surface area contributed by atoms with E-state index in [0.717, 1.165) is 15.6 Å². The first kappa shape index (κ1) is 14.7. The summed E-state index contributed by atoms with van der Waals surface area (Å²) in [6, 6.07) is 8.94. The van der Waals surface area contributed by atoms with Gasteiger partial charge in [-0.3, -0.25) is 4.79 Å². The predicted molar refractivity (Wildman–Crippen MR) is 82.8 cm³/mol. The van der Waals surface area contributed by atoms with Crippen LogP contribution in [0.1, 0.15) is 15.2 Å². The third kappa shape index (κ3) is 3.43. The van der Waals surface area contributed by atoms with E-state index in [4.69, 9.17) is 22.1 Å². The van der Waals surface area contributed by atoms with Crippen molar-refractivity contribution in [3.05, 3.63) is 45.1 Å². The number of carbonyl (C=O) groups excluding carboxylic acids is 1. The van der Waals surface area contributed by atoms with Crippen molar-refractivity contribution in [1.29, 1.82) is 0 Å². The third-order valence-corrected chi connectivity index (χ3v) is 4.08. The first-order chi connectivity index (χ1) is 9.61. The average molecular weight is 311 g/mol. The number of carbonyl (C=O) groups is 1. The molecule has 0 atom stereocenters. The molecule has 2 rings (SSSR count). The van der Waals surface area contributed by atoms with Crippen molar-refractivity contribution in [1.82, 2.24) is 5.32 Å². The molecule has 0 aliphatic heterocycles. The van der Waals surface area contributed by atoms with Crippen LogP contribution >= 0.6 is 22.9 Å². The molecule has 3 N–H and O–H groups in total. The summed E-state index contributed by atoms with van der Waals surface area (Å²) in [5.74, 6) is 0.240. The molecule has 0 fully saturated rings. The molecule has 0 radical (unpaired) electrons. The molecule has 6 heteroatoms. The van der Waals surface area contributed by atoms with Gasteiger partial charge in [0.15, 0.2) is 0 Å². The van der Waals surface area contributed by atoms with Gasteiger partial charge in [-0.05, 0) is 30.7 Å². The minimum Gasteiger partial charge on any atom is -0.496 e. The first-order valence-corrected chi connectivity index (χ1v) is 7.26. The van der Waals surface area contributed by atoms with E-state index in [-0.39, 0.29) is 5.91 Å². The lowest BCUT2D eigenvalue weighted by atomic mass is 10.1. The van der Waals surface area contributed by atoms with Gasteiger partial charge in [-0.2, -0.15) is 0 Å². The number of methoxy groups -OCH3 is 1. The molecular weight excluding hydrogens is 296 g/mol. The molecule has 1 amide bonds. The molecular formula is C14H15ClN2O2S. The zero-order chi connectivity index (χ0) is 14.5. The topological polar surface area (TPSA) is 64.3 Å². The van der Waals surface area contributed by atoms with Crippen molar-refractivity contribution < 1.29 is 9.53 Å². The van der Waals surface area contributed by atoms with Crippen molar-refractivity contribution >= 4 is 34.5 Å². The number of rotatable bonds is 5. The summed E-state index contributed by atoms with van der Waals surface area (Å²) < 4.78 is 5.91. The highest BCUT2D eigenvalue weighted by Gasteiger charge is 2.15. The van der Waals surface area contributed by atoms with Crippen LogP contribution in [0.2, 0.25) is 4.34 Å². The molecule has 106 valence electrons. The molecule has 2 aromatic rings. The number of thiophene rings is 1. The van der Waals surface area contributed by atoms with Crippen LogP contribution in [0.25, 0.3) is 0 Å². The Labute approximate surface area is 126 Å². The van der Waals surface area contributed by atoms with Crippen LogP contribution in [-0.4, -0.2) is 19.6 Å². The molecule has 1 aromatic heterocycles. The molecule has 0 aliphatic rings. The van der Waals surface area contributed by atoms with Crippen molar-refractivity contribution in [3.8, 4) is 5.75 Å². The zero-order valence-corrected chi connectivity index (χ0v) is 12.6. The van der Waals surface area contributed by atoms with E-state index in [0.29, 0.717) is 23.5 Å². The molecule has 1 aromatic carbocycles. The van der Waals surface area contributed by atoms with Crippen LogP contribution in [0.5, 0.6) is 5.75 Å². The fraction of sp³-hybridized carbons (Fsp3) is 0.214. The lowest BCUT2D eigenvalue weighted by Gasteiger charge is -2.11. The lowest BCUT2D eigenvalue weighted by Crippen LogP contribution is -2.26. The van der Waals surface area contributed by atoms with E-state index in [9.17, 15) is 4.79 Å². The number of nitrogens with two attached hydrogens (primary N) is 1. The number of ether oxygens (including phenoxy) is 1. The third-order valence-electron chi connectivity index (χ3n) is 2.79. The Morgan fingerprint density at radius 2 is 2.20 bits per heavy atom. The Hall–Kier alpha value is -1.72. The highest BCUT2D eigenvalue weighted by atomic mass is 35.5. The van der Waals surface area contributed by atoms with Crippen LogP contribution in [0.4, 0.5) is 5.69 Å². The lowest BCUT2D eigenvalue weighted by molar-refractivity contribution is 0.0952. The summed E-state index contributed by atoms with van der Waals surface area (Å²) >= 11 is 7.37. The predicted octanol–water partition coefficient (Wildman–Crippen LogP) is 2.96. The Balaban J connectivity index is 1.98. The van der Waals surface area contributed by atoms with E-state index in [1.165, 1.54) is 18.4 Å². The van der Waals surface area contributed by atoms with Gasteiger partial charge in [-0.25, -0.2) is 0 Å². The molecule has 4 nitrogen and oxygen atoms in total. The van der Waals surface area contributed by atoms with Crippen LogP contribution in [0, 0.1) is 0 Å². The Kier molecular flexibility index (Phi) is 4.87. The number of benzene rings is 1. The highest BCUT2D eigenvalue weighted by molar-refractivity contribution is 7.16. The second kappa shape index (κ2) is 6.63. The van der Waals surface area contributed by atoms with E-state index in [1.807, 2.05) is 12.1 Å². The minimum absolute atomic E-state index is 0.234. The molecule has 0 saturated heterocycles. The number of hydrogen-bond donors (Lipinski definition) is 2. The fourth-order valence-electron chi connectivity index (χ4n) is 1.83. The van der Waals surface area contributed by atoms with Crippen molar-refractivity contribution in [2.45, 2.75) is 6.42 Å². The van der Waals surface area contributed by atoms with E-state index in [2.05, 4.69) is 5.32 Å². The monoisotopic (exact) mass is 310 g/mol. The average Bonchev–Trinajstić information content (AvgIpc) is 2.83. The normalized spacial score (nSPS) is 10.3. The van der Waals surface area contributed by atoms with E-state index in [1.54, 1.807) is 18.2 Å². The quantitative estimate of drug-likeness (QED) is 0.835. The van der Waals surface area contributed by atoms with Crippen LogP contribution in [0.15, 0.2) is 30.3 Å². The van der Waals surface area contributed by atoms with Crippen molar-refractivity contribution in [3.63, 3.8) is 0 Å². The number of nitrogen functional groups attached to an aromatic ring is 1. The molecule has 0 unspecified atom stereocenters. The highest BCUT2D eigenvalue weighted by Crippen LogP contribution is 2.24. The van der Waals surface area contributed by atoms with E-state index < -0.39 is 0 Å². The van der Waals surface area contributed by atoms with Crippen molar-refractivity contribution in [2.24, 2.45) is 0 Å².